The van der Waals surface area contributed by atoms with Gasteiger partial charge in [0, 0.05) is 26.1 Å². The lowest BCUT2D eigenvalue weighted by atomic mass is 10.1. The number of aromatic nitrogens is 2. The van der Waals surface area contributed by atoms with E-state index in [0.29, 0.717) is 25.4 Å². The molecule has 1 aromatic heterocycles. The fourth-order valence-electron chi connectivity index (χ4n) is 2.81. The van der Waals surface area contributed by atoms with Crippen LogP contribution in [0.25, 0.3) is 11.0 Å². The van der Waals surface area contributed by atoms with Gasteiger partial charge in [-0.2, -0.15) is 0 Å². The van der Waals surface area contributed by atoms with Crippen LogP contribution in [-0.2, 0) is 11.3 Å². The number of hydrogen-bond acceptors (Lipinski definition) is 3. The molecule has 1 unspecified atom stereocenters. The molecule has 0 aliphatic carbocycles. The molecule has 1 aliphatic heterocycles. The lowest BCUT2D eigenvalue weighted by molar-refractivity contribution is -0.130. The number of benzene rings is 1. The van der Waals surface area contributed by atoms with Gasteiger partial charge in [0.1, 0.15) is 0 Å². The second kappa shape index (κ2) is 8.36. The van der Waals surface area contributed by atoms with E-state index in [2.05, 4.69) is 4.98 Å². The number of nitrogens with zero attached hydrogens (tertiary/aromatic N) is 3. The van der Waals surface area contributed by atoms with Gasteiger partial charge in [-0.1, -0.05) is 12.1 Å². The molecule has 2 heterocycles. The van der Waals surface area contributed by atoms with Crippen molar-refractivity contribution in [1.82, 2.24) is 14.5 Å². The first-order chi connectivity index (χ1) is 9.78. The Hall–Kier alpha value is -1.30. The molecule has 122 valence electrons. The van der Waals surface area contributed by atoms with E-state index < -0.39 is 0 Å². The predicted molar refractivity (Wildman–Crippen MR) is 92.6 cm³/mol. The molecule has 0 spiro atoms. The van der Waals surface area contributed by atoms with Crippen molar-refractivity contribution < 1.29 is 4.79 Å². The van der Waals surface area contributed by atoms with Gasteiger partial charge in [0.05, 0.1) is 17.4 Å². The summed E-state index contributed by atoms with van der Waals surface area (Å²) in [5.41, 5.74) is 7.72. The molecule has 1 amide bonds. The molecular weight excluding hydrogens is 323 g/mol. The molecule has 22 heavy (non-hydrogen) atoms. The summed E-state index contributed by atoms with van der Waals surface area (Å²) in [5.74, 6) is 0.701. The van der Waals surface area contributed by atoms with Crippen LogP contribution in [0.2, 0.25) is 0 Å². The van der Waals surface area contributed by atoms with Crippen molar-refractivity contribution in [3.8, 4) is 0 Å². The molecule has 1 aromatic carbocycles. The maximum absolute atomic E-state index is 12.2. The maximum atomic E-state index is 12.2. The lowest BCUT2D eigenvalue weighted by Crippen LogP contribution is -2.30. The number of rotatable bonds is 4. The van der Waals surface area contributed by atoms with Crippen LogP contribution in [0.1, 0.15) is 12.8 Å². The number of aryl methyl sites for hydroxylation is 1. The average Bonchev–Trinajstić information content (AvgIpc) is 3.11. The number of halogens is 2. The SMILES string of the molecule is Cl.Cl.NCC1CCN(C(=O)CCn2cnc3ccccc32)C1. The smallest absolute Gasteiger partial charge is 0.224 e. The summed E-state index contributed by atoms with van der Waals surface area (Å²) in [6.07, 6.45) is 3.37. The normalized spacial score (nSPS) is 17.1. The van der Waals surface area contributed by atoms with Crippen LogP contribution in [0, 0.1) is 5.92 Å². The molecule has 1 atom stereocenters. The van der Waals surface area contributed by atoms with Crippen LogP contribution < -0.4 is 5.73 Å². The summed E-state index contributed by atoms with van der Waals surface area (Å²) in [6, 6.07) is 7.99. The Kier molecular flexibility index (Phi) is 7.13. The maximum Gasteiger partial charge on any atom is 0.224 e. The Morgan fingerprint density at radius 3 is 2.82 bits per heavy atom. The minimum absolute atomic E-state index is 0. The van der Waals surface area contributed by atoms with Gasteiger partial charge in [-0.3, -0.25) is 4.79 Å². The van der Waals surface area contributed by atoms with Gasteiger partial charge in [-0.15, -0.1) is 24.8 Å². The van der Waals surface area contributed by atoms with Crippen LogP contribution in [0.4, 0.5) is 0 Å². The van der Waals surface area contributed by atoms with E-state index in [4.69, 9.17) is 5.73 Å². The van der Waals surface area contributed by atoms with Crippen molar-refractivity contribution in [2.24, 2.45) is 11.7 Å². The topological polar surface area (TPSA) is 64.2 Å². The predicted octanol–water partition coefficient (Wildman–Crippen LogP) is 2.08. The molecule has 1 saturated heterocycles. The molecule has 5 nitrogen and oxygen atoms in total. The van der Waals surface area contributed by atoms with Crippen LogP contribution >= 0.6 is 24.8 Å². The molecule has 3 rings (SSSR count). The highest BCUT2D eigenvalue weighted by Crippen LogP contribution is 2.17. The zero-order valence-electron chi connectivity index (χ0n) is 12.4. The minimum atomic E-state index is 0. The number of fused-ring (bicyclic) bond motifs is 1. The third-order valence-corrected chi connectivity index (χ3v) is 4.07. The first kappa shape index (κ1) is 18.7. The zero-order chi connectivity index (χ0) is 13.9. The standard InChI is InChI=1S/C15H20N4O.2ClH/c16-9-12-5-7-18(10-12)15(20)6-8-19-11-17-13-3-1-2-4-14(13)19;;/h1-4,11-12H,5-10,16H2;2*1H. The summed E-state index contributed by atoms with van der Waals surface area (Å²) in [6.45, 7) is 3.03. The van der Waals surface area contributed by atoms with Gasteiger partial charge in [0.2, 0.25) is 5.91 Å². The van der Waals surface area contributed by atoms with Crippen molar-refractivity contribution in [2.75, 3.05) is 19.6 Å². The molecular formula is C15H22Cl2N4O. The highest BCUT2D eigenvalue weighted by molar-refractivity contribution is 5.85. The van der Waals surface area contributed by atoms with E-state index in [9.17, 15) is 4.79 Å². The van der Waals surface area contributed by atoms with Crippen LogP contribution in [0.15, 0.2) is 30.6 Å². The Morgan fingerprint density at radius 2 is 2.09 bits per heavy atom. The molecule has 0 saturated carbocycles. The van der Waals surface area contributed by atoms with E-state index >= 15 is 0 Å². The van der Waals surface area contributed by atoms with Gasteiger partial charge >= 0.3 is 0 Å². The molecule has 7 heteroatoms. The molecule has 1 fully saturated rings. The van der Waals surface area contributed by atoms with Gasteiger partial charge < -0.3 is 15.2 Å². The number of carbonyl (C=O) groups excluding carboxylic acids is 1. The van der Waals surface area contributed by atoms with Crippen molar-refractivity contribution in [2.45, 2.75) is 19.4 Å². The Morgan fingerprint density at radius 1 is 1.32 bits per heavy atom. The van der Waals surface area contributed by atoms with Gasteiger partial charge in [0.15, 0.2) is 0 Å². The molecule has 2 aromatic rings. The molecule has 1 aliphatic rings. The van der Waals surface area contributed by atoms with Gasteiger partial charge in [-0.05, 0) is 31.0 Å². The van der Waals surface area contributed by atoms with Crippen LogP contribution in [-0.4, -0.2) is 40.0 Å². The van der Waals surface area contributed by atoms with E-state index in [-0.39, 0.29) is 30.7 Å². The number of likely N-dealkylation sites (tertiary alicyclic amines) is 1. The summed E-state index contributed by atoms with van der Waals surface area (Å²) in [7, 11) is 0. The average molecular weight is 345 g/mol. The van der Waals surface area contributed by atoms with Crippen molar-refractivity contribution >= 4 is 41.8 Å². The van der Waals surface area contributed by atoms with E-state index in [1.54, 1.807) is 0 Å². The minimum Gasteiger partial charge on any atom is -0.342 e. The highest BCUT2D eigenvalue weighted by Gasteiger charge is 2.24. The number of nitrogens with two attached hydrogens (primary N) is 1. The fourth-order valence-corrected chi connectivity index (χ4v) is 2.81. The number of amides is 1. The molecule has 0 radical (unpaired) electrons. The van der Waals surface area contributed by atoms with E-state index in [1.807, 2.05) is 40.1 Å². The van der Waals surface area contributed by atoms with E-state index in [1.165, 1.54) is 0 Å². The number of carbonyl (C=O) groups is 1. The largest absolute Gasteiger partial charge is 0.342 e. The quantitative estimate of drug-likeness (QED) is 0.923. The first-order valence-electron chi connectivity index (χ1n) is 7.15. The second-order valence-corrected chi connectivity index (χ2v) is 5.41. The first-order valence-corrected chi connectivity index (χ1v) is 7.15. The summed E-state index contributed by atoms with van der Waals surface area (Å²) >= 11 is 0. The number of hydrogen-bond donors (Lipinski definition) is 1. The highest BCUT2D eigenvalue weighted by atomic mass is 35.5. The Balaban J connectivity index is 0.00000121. The lowest BCUT2D eigenvalue weighted by Gasteiger charge is -2.16. The van der Waals surface area contributed by atoms with Crippen molar-refractivity contribution in [3.63, 3.8) is 0 Å². The van der Waals surface area contributed by atoms with Gasteiger partial charge in [0.25, 0.3) is 0 Å². The fraction of sp³-hybridized carbons (Fsp3) is 0.467. The summed E-state index contributed by atoms with van der Waals surface area (Å²) in [4.78, 5) is 18.5. The van der Waals surface area contributed by atoms with Crippen LogP contribution in [0.3, 0.4) is 0 Å². The zero-order valence-corrected chi connectivity index (χ0v) is 14.0. The number of imidazole rings is 1. The Bertz CT molecular complexity index is 616. The second-order valence-electron chi connectivity index (χ2n) is 5.41. The number of para-hydroxylation sites is 2. The molecule has 2 N–H and O–H groups in total. The third-order valence-electron chi connectivity index (χ3n) is 4.07. The molecule has 0 bridgehead atoms. The van der Waals surface area contributed by atoms with Crippen molar-refractivity contribution in [1.29, 1.82) is 0 Å². The van der Waals surface area contributed by atoms with E-state index in [0.717, 1.165) is 30.5 Å². The van der Waals surface area contributed by atoms with Gasteiger partial charge in [-0.25, -0.2) is 4.98 Å². The third kappa shape index (κ3) is 3.91. The monoisotopic (exact) mass is 344 g/mol. The summed E-state index contributed by atoms with van der Waals surface area (Å²) < 4.78 is 2.05. The van der Waals surface area contributed by atoms with Crippen LogP contribution in [0.5, 0.6) is 0 Å². The Labute approximate surface area is 142 Å². The van der Waals surface area contributed by atoms with Crippen molar-refractivity contribution in [3.05, 3.63) is 30.6 Å². The summed E-state index contributed by atoms with van der Waals surface area (Å²) in [5, 5.41) is 0.